The van der Waals surface area contributed by atoms with E-state index in [0.717, 1.165) is 50.9 Å². The highest BCUT2D eigenvalue weighted by molar-refractivity contribution is 7.14. The van der Waals surface area contributed by atoms with Crippen LogP contribution in [-0.4, -0.2) is 58.8 Å². The number of amides is 2. The first-order valence-corrected chi connectivity index (χ1v) is 12.5. The predicted molar refractivity (Wildman–Crippen MR) is 125 cm³/mol. The van der Waals surface area contributed by atoms with Gasteiger partial charge in [0.1, 0.15) is 0 Å². The van der Waals surface area contributed by atoms with Gasteiger partial charge in [-0.1, -0.05) is 12.8 Å². The van der Waals surface area contributed by atoms with Crippen LogP contribution in [0.2, 0.25) is 0 Å². The van der Waals surface area contributed by atoms with Gasteiger partial charge in [-0.05, 0) is 63.9 Å². The van der Waals surface area contributed by atoms with Gasteiger partial charge in [-0.15, -0.1) is 11.3 Å². The Hall–Kier alpha value is -2.39. The third-order valence-electron chi connectivity index (χ3n) is 6.67. The molecule has 9 heteroatoms. The summed E-state index contributed by atoms with van der Waals surface area (Å²) in [5, 5.41) is 4.95. The van der Waals surface area contributed by atoms with Gasteiger partial charge in [0.2, 0.25) is 11.8 Å². The average molecular weight is 477 g/mol. The molecular weight excluding hydrogens is 446 g/mol. The SMILES string of the molecule is C[C@H](C(=O)Nc1nc(-c2ccc(F)c(F)c2)cs1)N1CCC(C(=O)N2CCCCCC2)CC1. The van der Waals surface area contributed by atoms with Gasteiger partial charge in [0.15, 0.2) is 16.8 Å². The highest BCUT2D eigenvalue weighted by Crippen LogP contribution is 2.27. The van der Waals surface area contributed by atoms with Crippen molar-refractivity contribution >= 4 is 28.3 Å². The Morgan fingerprint density at radius 3 is 2.42 bits per heavy atom. The largest absolute Gasteiger partial charge is 0.342 e. The van der Waals surface area contributed by atoms with E-state index in [1.165, 1.54) is 30.2 Å². The molecule has 1 aromatic heterocycles. The number of nitrogens with zero attached hydrogens (tertiary/aromatic N) is 3. The van der Waals surface area contributed by atoms with Crippen LogP contribution in [0, 0.1) is 17.6 Å². The van der Waals surface area contributed by atoms with E-state index in [9.17, 15) is 18.4 Å². The van der Waals surface area contributed by atoms with Gasteiger partial charge in [0, 0.05) is 30.0 Å². The van der Waals surface area contributed by atoms with E-state index in [2.05, 4.69) is 15.2 Å². The number of nitrogens with one attached hydrogen (secondary N) is 1. The zero-order valence-corrected chi connectivity index (χ0v) is 19.7. The number of aromatic nitrogens is 1. The van der Waals surface area contributed by atoms with E-state index in [1.54, 1.807) is 5.38 Å². The van der Waals surface area contributed by atoms with Gasteiger partial charge in [0.05, 0.1) is 11.7 Å². The van der Waals surface area contributed by atoms with Gasteiger partial charge in [-0.2, -0.15) is 0 Å². The molecule has 178 valence electrons. The number of piperidine rings is 1. The minimum atomic E-state index is -0.933. The van der Waals surface area contributed by atoms with Crippen molar-refractivity contribution in [1.82, 2.24) is 14.8 Å². The molecule has 1 aromatic carbocycles. The van der Waals surface area contributed by atoms with E-state index in [-0.39, 0.29) is 23.8 Å². The van der Waals surface area contributed by atoms with E-state index in [1.807, 2.05) is 11.8 Å². The van der Waals surface area contributed by atoms with Crippen LogP contribution in [0.15, 0.2) is 23.6 Å². The Morgan fingerprint density at radius 1 is 1.06 bits per heavy atom. The zero-order chi connectivity index (χ0) is 23.4. The average Bonchev–Trinajstić information content (AvgIpc) is 3.11. The Labute approximate surface area is 197 Å². The minimum Gasteiger partial charge on any atom is -0.342 e. The third kappa shape index (κ3) is 5.76. The number of benzene rings is 1. The number of carbonyl (C=O) groups is 2. The van der Waals surface area contributed by atoms with E-state index in [0.29, 0.717) is 29.5 Å². The molecule has 2 aromatic rings. The molecular formula is C24H30F2N4O2S. The van der Waals surface area contributed by atoms with Crippen LogP contribution in [-0.2, 0) is 9.59 Å². The summed E-state index contributed by atoms with van der Waals surface area (Å²) < 4.78 is 26.7. The molecule has 1 N–H and O–H groups in total. The minimum absolute atomic E-state index is 0.0484. The van der Waals surface area contributed by atoms with Gasteiger partial charge in [0.25, 0.3) is 0 Å². The van der Waals surface area contributed by atoms with Crippen molar-refractivity contribution in [3.8, 4) is 11.3 Å². The summed E-state index contributed by atoms with van der Waals surface area (Å²) in [5.74, 6) is -1.68. The summed E-state index contributed by atoms with van der Waals surface area (Å²) in [7, 11) is 0. The highest BCUT2D eigenvalue weighted by atomic mass is 32.1. The van der Waals surface area contributed by atoms with E-state index < -0.39 is 11.6 Å². The van der Waals surface area contributed by atoms with Crippen molar-refractivity contribution < 1.29 is 18.4 Å². The Bertz CT molecular complexity index is 983. The second kappa shape index (κ2) is 10.7. The van der Waals surface area contributed by atoms with Gasteiger partial charge in [-0.3, -0.25) is 14.5 Å². The standard InChI is InChI=1S/C24H30F2N4O2S/c1-16(29-12-8-17(9-13-29)23(32)30-10-4-2-3-5-11-30)22(31)28-24-27-21(15-33-24)18-6-7-19(25)20(26)14-18/h6-7,14-17H,2-5,8-13H2,1H3,(H,27,28,31)/t16-/m1/s1. The number of hydrogen-bond donors (Lipinski definition) is 1. The van der Waals surface area contributed by atoms with Gasteiger partial charge >= 0.3 is 0 Å². The van der Waals surface area contributed by atoms with Crippen molar-refractivity contribution in [3.63, 3.8) is 0 Å². The second-order valence-electron chi connectivity index (χ2n) is 8.88. The molecule has 0 saturated carbocycles. The fourth-order valence-electron chi connectivity index (χ4n) is 4.58. The molecule has 2 fully saturated rings. The number of likely N-dealkylation sites (tertiary alicyclic amines) is 2. The van der Waals surface area contributed by atoms with Crippen LogP contribution in [0.5, 0.6) is 0 Å². The number of hydrogen-bond acceptors (Lipinski definition) is 5. The molecule has 2 saturated heterocycles. The van der Waals surface area contributed by atoms with Crippen molar-refractivity contribution in [2.45, 2.75) is 51.5 Å². The first-order valence-electron chi connectivity index (χ1n) is 11.7. The molecule has 0 radical (unpaired) electrons. The normalized spacial score (nSPS) is 19.2. The lowest BCUT2D eigenvalue weighted by Crippen LogP contribution is -2.48. The number of anilines is 1. The molecule has 2 aliphatic heterocycles. The molecule has 0 unspecified atom stereocenters. The second-order valence-corrected chi connectivity index (χ2v) is 9.74. The third-order valence-corrected chi connectivity index (χ3v) is 7.43. The van der Waals surface area contributed by atoms with E-state index in [4.69, 9.17) is 0 Å². The molecule has 4 rings (SSSR count). The molecule has 6 nitrogen and oxygen atoms in total. The van der Waals surface area contributed by atoms with Gasteiger partial charge < -0.3 is 10.2 Å². The zero-order valence-electron chi connectivity index (χ0n) is 18.9. The van der Waals surface area contributed by atoms with Gasteiger partial charge in [-0.25, -0.2) is 13.8 Å². The summed E-state index contributed by atoms with van der Waals surface area (Å²) in [4.78, 5) is 34.2. The molecule has 2 amide bonds. The lowest BCUT2D eigenvalue weighted by molar-refractivity contribution is -0.137. The molecule has 3 heterocycles. The highest BCUT2D eigenvalue weighted by Gasteiger charge is 2.32. The summed E-state index contributed by atoms with van der Waals surface area (Å²) in [6, 6.07) is 3.26. The molecule has 0 bridgehead atoms. The molecule has 33 heavy (non-hydrogen) atoms. The summed E-state index contributed by atoms with van der Waals surface area (Å²) in [6.45, 7) is 5.01. The summed E-state index contributed by atoms with van der Waals surface area (Å²) >= 11 is 1.24. The quantitative estimate of drug-likeness (QED) is 0.689. The summed E-state index contributed by atoms with van der Waals surface area (Å²) in [6.07, 6.45) is 6.13. The topological polar surface area (TPSA) is 65.5 Å². The monoisotopic (exact) mass is 476 g/mol. The Kier molecular flexibility index (Phi) is 7.70. The number of carbonyl (C=O) groups excluding carboxylic acids is 2. The molecule has 0 spiro atoms. The first kappa shape index (κ1) is 23.8. The fourth-order valence-corrected chi connectivity index (χ4v) is 5.30. The van der Waals surface area contributed by atoms with Crippen LogP contribution in [0.3, 0.4) is 0 Å². The van der Waals surface area contributed by atoms with Crippen LogP contribution in [0.25, 0.3) is 11.3 Å². The van der Waals surface area contributed by atoms with Crippen molar-refractivity contribution in [2.24, 2.45) is 5.92 Å². The van der Waals surface area contributed by atoms with Crippen molar-refractivity contribution in [1.29, 1.82) is 0 Å². The smallest absolute Gasteiger partial charge is 0.243 e. The number of halogens is 2. The van der Waals surface area contributed by atoms with Crippen LogP contribution in [0.4, 0.5) is 13.9 Å². The maximum atomic E-state index is 13.5. The fraction of sp³-hybridized carbons (Fsp3) is 0.542. The lowest BCUT2D eigenvalue weighted by Gasteiger charge is -2.36. The van der Waals surface area contributed by atoms with Crippen LogP contribution in [0.1, 0.15) is 45.4 Å². The van der Waals surface area contributed by atoms with Crippen LogP contribution >= 0.6 is 11.3 Å². The number of thiazole rings is 1. The van der Waals surface area contributed by atoms with Crippen molar-refractivity contribution in [2.75, 3.05) is 31.5 Å². The Morgan fingerprint density at radius 2 is 1.76 bits per heavy atom. The molecule has 1 atom stereocenters. The molecule has 2 aliphatic rings. The summed E-state index contributed by atoms with van der Waals surface area (Å²) in [5.41, 5.74) is 0.935. The molecule has 0 aliphatic carbocycles. The lowest BCUT2D eigenvalue weighted by atomic mass is 9.94. The van der Waals surface area contributed by atoms with E-state index >= 15 is 0 Å². The number of rotatable bonds is 5. The maximum absolute atomic E-state index is 13.5. The van der Waals surface area contributed by atoms with Crippen molar-refractivity contribution in [3.05, 3.63) is 35.2 Å². The first-order chi connectivity index (χ1) is 15.9. The maximum Gasteiger partial charge on any atom is 0.243 e. The van der Waals surface area contributed by atoms with Crippen LogP contribution < -0.4 is 5.32 Å². The predicted octanol–water partition coefficient (Wildman–Crippen LogP) is 4.53. The Balaban J connectivity index is 1.29.